The Kier molecular flexibility index (Phi) is 7.18. The molecule has 0 saturated heterocycles. The number of nitrogens with one attached hydrogen (secondary N) is 1. The maximum absolute atomic E-state index is 11.8. The third kappa shape index (κ3) is 5.87. The second-order valence-corrected chi connectivity index (χ2v) is 5.35. The number of thiophene rings is 1. The van der Waals surface area contributed by atoms with Crippen molar-refractivity contribution >= 4 is 23.2 Å². The Morgan fingerprint density at radius 3 is 2.79 bits per heavy atom. The van der Waals surface area contributed by atoms with Gasteiger partial charge in [0.15, 0.2) is 0 Å². The molecule has 1 N–H and O–H groups in total. The highest BCUT2D eigenvalue weighted by Gasteiger charge is 2.19. The highest BCUT2D eigenvalue weighted by atomic mass is 32.1. The van der Waals surface area contributed by atoms with Gasteiger partial charge in [0.05, 0.1) is 19.6 Å². The van der Waals surface area contributed by atoms with E-state index >= 15 is 0 Å². The molecular formula is C14H21NO3S. The second-order valence-electron chi connectivity index (χ2n) is 4.37. The van der Waals surface area contributed by atoms with Crippen LogP contribution in [0, 0.1) is 0 Å². The van der Waals surface area contributed by atoms with Crippen molar-refractivity contribution in [1.82, 2.24) is 5.32 Å². The van der Waals surface area contributed by atoms with Crippen LogP contribution in [0.4, 0.5) is 0 Å². The zero-order chi connectivity index (χ0) is 14.1. The fourth-order valence-corrected chi connectivity index (χ4v) is 2.54. The molecule has 0 radical (unpaired) electrons. The zero-order valence-electron chi connectivity index (χ0n) is 11.5. The molecule has 0 aromatic carbocycles. The minimum atomic E-state index is -0.313. The molecule has 1 atom stereocenters. The van der Waals surface area contributed by atoms with Gasteiger partial charge in [-0.15, -0.1) is 11.3 Å². The first-order valence-corrected chi connectivity index (χ1v) is 7.45. The molecule has 0 spiro atoms. The summed E-state index contributed by atoms with van der Waals surface area (Å²) >= 11 is 1.53. The van der Waals surface area contributed by atoms with Crippen molar-refractivity contribution in [2.24, 2.45) is 0 Å². The minimum Gasteiger partial charge on any atom is -0.469 e. The highest BCUT2D eigenvalue weighted by molar-refractivity contribution is 7.10. The lowest BCUT2D eigenvalue weighted by Crippen LogP contribution is -2.29. The van der Waals surface area contributed by atoms with Crippen LogP contribution in [0.2, 0.25) is 0 Å². The molecule has 1 unspecified atom stereocenters. The lowest BCUT2D eigenvalue weighted by Gasteiger charge is -2.16. The Morgan fingerprint density at radius 1 is 1.42 bits per heavy atom. The molecule has 0 bridgehead atoms. The minimum absolute atomic E-state index is 0.00393. The summed E-state index contributed by atoms with van der Waals surface area (Å²) < 4.78 is 4.67. The van der Waals surface area contributed by atoms with Crippen LogP contribution in [-0.4, -0.2) is 19.0 Å². The first-order valence-electron chi connectivity index (χ1n) is 6.57. The number of esters is 1. The first-order chi connectivity index (χ1) is 9.17. The molecule has 1 heterocycles. The summed E-state index contributed by atoms with van der Waals surface area (Å²) in [6.45, 7) is 2.10. The molecule has 0 fully saturated rings. The van der Waals surface area contributed by atoms with E-state index in [1.807, 2.05) is 17.5 Å². The SMILES string of the molecule is CCCCCC(=O)NC(CC(=O)OC)c1cccs1. The van der Waals surface area contributed by atoms with Crippen LogP contribution in [0.15, 0.2) is 17.5 Å². The van der Waals surface area contributed by atoms with Crippen LogP contribution in [0.5, 0.6) is 0 Å². The lowest BCUT2D eigenvalue weighted by atomic mass is 10.1. The predicted molar refractivity (Wildman–Crippen MR) is 76.0 cm³/mol. The molecule has 4 nitrogen and oxygen atoms in total. The number of hydrogen-bond donors (Lipinski definition) is 1. The van der Waals surface area contributed by atoms with Gasteiger partial charge in [0, 0.05) is 11.3 Å². The smallest absolute Gasteiger partial charge is 0.307 e. The Balaban J connectivity index is 2.54. The van der Waals surface area contributed by atoms with Gasteiger partial charge in [0.1, 0.15) is 0 Å². The summed E-state index contributed by atoms with van der Waals surface area (Å²) in [5.41, 5.74) is 0. The monoisotopic (exact) mass is 283 g/mol. The Bertz CT molecular complexity index is 389. The fraction of sp³-hybridized carbons (Fsp3) is 0.571. The van der Waals surface area contributed by atoms with Crippen molar-refractivity contribution in [3.63, 3.8) is 0 Å². The van der Waals surface area contributed by atoms with Crippen molar-refractivity contribution in [2.45, 2.75) is 45.1 Å². The third-order valence-electron chi connectivity index (χ3n) is 2.83. The number of amides is 1. The van der Waals surface area contributed by atoms with Gasteiger partial charge in [-0.05, 0) is 17.9 Å². The van der Waals surface area contributed by atoms with Gasteiger partial charge in [0.2, 0.25) is 5.91 Å². The molecule has 19 heavy (non-hydrogen) atoms. The molecule has 1 aromatic heterocycles. The molecule has 106 valence electrons. The first kappa shape index (κ1) is 15.7. The van der Waals surface area contributed by atoms with E-state index in [0.717, 1.165) is 24.1 Å². The van der Waals surface area contributed by atoms with E-state index < -0.39 is 0 Å². The number of methoxy groups -OCH3 is 1. The van der Waals surface area contributed by atoms with E-state index in [2.05, 4.69) is 17.0 Å². The molecule has 5 heteroatoms. The lowest BCUT2D eigenvalue weighted by molar-refractivity contribution is -0.141. The van der Waals surface area contributed by atoms with Gasteiger partial charge in [-0.1, -0.05) is 25.8 Å². The Hall–Kier alpha value is -1.36. The van der Waals surface area contributed by atoms with Crippen molar-refractivity contribution in [2.75, 3.05) is 7.11 Å². The van der Waals surface area contributed by atoms with E-state index in [4.69, 9.17) is 0 Å². The van der Waals surface area contributed by atoms with E-state index in [1.165, 1.54) is 18.4 Å². The standard InChI is InChI=1S/C14H21NO3S/c1-3-4-5-8-13(16)15-11(10-14(17)18-2)12-7-6-9-19-12/h6-7,9,11H,3-5,8,10H2,1-2H3,(H,15,16). The fourth-order valence-electron chi connectivity index (χ4n) is 1.76. The van der Waals surface area contributed by atoms with Crippen LogP contribution < -0.4 is 5.32 Å². The number of carbonyl (C=O) groups is 2. The van der Waals surface area contributed by atoms with Gasteiger partial charge >= 0.3 is 5.97 Å². The van der Waals surface area contributed by atoms with Crippen LogP contribution >= 0.6 is 11.3 Å². The summed E-state index contributed by atoms with van der Waals surface area (Å²) in [5, 5.41) is 4.85. The normalized spacial score (nSPS) is 11.9. The maximum Gasteiger partial charge on any atom is 0.307 e. The third-order valence-corrected chi connectivity index (χ3v) is 3.81. The number of rotatable bonds is 8. The summed E-state index contributed by atoms with van der Waals surface area (Å²) in [6.07, 6.45) is 3.71. The summed E-state index contributed by atoms with van der Waals surface area (Å²) in [6, 6.07) is 3.56. The average Bonchev–Trinajstić information content (AvgIpc) is 2.92. The molecule has 1 rings (SSSR count). The van der Waals surface area contributed by atoms with Gasteiger partial charge in [0.25, 0.3) is 0 Å². The number of unbranched alkanes of at least 4 members (excludes halogenated alkanes) is 2. The van der Waals surface area contributed by atoms with Crippen molar-refractivity contribution in [1.29, 1.82) is 0 Å². The molecule has 0 saturated carbocycles. The molecule has 1 aromatic rings. The van der Waals surface area contributed by atoms with Crippen molar-refractivity contribution in [3.8, 4) is 0 Å². The molecule has 0 aliphatic heterocycles. The average molecular weight is 283 g/mol. The molecular weight excluding hydrogens is 262 g/mol. The Labute approximate surface area is 118 Å². The number of hydrogen-bond acceptors (Lipinski definition) is 4. The van der Waals surface area contributed by atoms with Crippen LogP contribution in [0.25, 0.3) is 0 Å². The van der Waals surface area contributed by atoms with Crippen molar-refractivity contribution in [3.05, 3.63) is 22.4 Å². The van der Waals surface area contributed by atoms with Crippen LogP contribution in [0.1, 0.15) is 49.9 Å². The quantitative estimate of drug-likeness (QED) is 0.589. The van der Waals surface area contributed by atoms with Crippen LogP contribution in [0.3, 0.4) is 0 Å². The largest absolute Gasteiger partial charge is 0.469 e. The summed E-state index contributed by atoms with van der Waals surface area (Å²) in [4.78, 5) is 24.2. The van der Waals surface area contributed by atoms with E-state index in [-0.39, 0.29) is 24.3 Å². The van der Waals surface area contributed by atoms with Crippen molar-refractivity contribution < 1.29 is 14.3 Å². The predicted octanol–water partition coefficient (Wildman–Crippen LogP) is 3.05. The molecule has 0 aliphatic carbocycles. The van der Waals surface area contributed by atoms with Gasteiger partial charge < -0.3 is 10.1 Å². The molecule has 0 aliphatic rings. The Morgan fingerprint density at radius 2 is 2.21 bits per heavy atom. The second kappa shape index (κ2) is 8.69. The van der Waals surface area contributed by atoms with Gasteiger partial charge in [-0.3, -0.25) is 9.59 Å². The van der Waals surface area contributed by atoms with Gasteiger partial charge in [-0.25, -0.2) is 0 Å². The summed E-state index contributed by atoms with van der Waals surface area (Å²) in [5.74, 6) is -0.317. The maximum atomic E-state index is 11.8. The zero-order valence-corrected chi connectivity index (χ0v) is 12.3. The van der Waals surface area contributed by atoms with E-state index in [9.17, 15) is 9.59 Å². The topological polar surface area (TPSA) is 55.4 Å². The molecule has 1 amide bonds. The summed E-state index contributed by atoms with van der Waals surface area (Å²) in [7, 11) is 1.36. The highest BCUT2D eigenvalue weighted by Crippen LogP contribution is 2.22. The van der Waals surface area contributed by atoms with E-state index in [1.54, 1.807) is 0 Å². The number of carbonyl (C=O) groups excluding carboxylic acids is 2. The van der Waals surface area contributed by atoms with Gasteiger partial charge in [-0.2, -0.15) is 0 Å². The van der Waals surface area contributed by atoms with Crippen LogP contribution in [-0.2, 0) is 14.3 Å². The number of ether oxygens (including phenoxy) is 1. The van der Waals surface area contributed by atoms with E-state index in [0.29, 0.717) is 6.42 Å².